The van der Waals surface area contributed by atoms with Gasteiger partial charge in [-0.05, 0) is 18.6 Å². The molecule has 0 radical (unpaired) electrons. The highest BCUT2D eigenvalue weighted by molar-refractivity contribution is 6.00. The van der Waals surface area contributed by atoms with Crippen molar-refractivity contribution in [1.82, 2.24) is 15.2 Å². The summed E-state index contributed by atoms with van der Waals surface area (Å²) in [6, 6.07) is 8.38. The monoisotopic (exact) mass is 236 g/mol. The predicted molar refractivity (Wildman–Crippen MR) is 71.4 cm³/mol. The molecule has 0 aliphatic carbocycles. The first-order chi connectivity index (χ1) is 8.84. The van der Waals surface area contributed by atoms with Crippen molar-refractivity contribution in [1.29, 1.82) is 0 Å². The highest BCUT2D eigenvalue weighted by Gasteiger charge is 2.20. The Morgan fingerprint density at radius 2 is 2.11 bits per heavy atom. The van der Waals surface area contributed by atoms with Gasteiger partial charge in [0.15, 0.2) is 5.65 Å². The van der Waals surface area contributed by atoms with Crippen LogP contribution in [0.5, 0.6) is 0 Å². The van der Waals surface area contributed by atoms with E-state index in [0.717, 1.165) is 23.3 Å². The largest absolute Gasteiger partial charge is 0.380 e. The standard InChI is InChI=1S/C14H12N4/c1-8-12-13-9(7-16-14(12)18-17-8)6-15-11-5-3-2-4-10(11)13/h2-5,7,15H,6H2,1H3,(H,16,17,18). The molecule has 0 saturated carbocycles. The Balaban J connectivity index is 2.18. The second-order valence-corrected chi connectivity index (χ2v) is 4.60. The molecule has 3 heterocycles. The van der Waals surface area contributed by atoms with Gasteiger partial charge in [-0.1, -0.05) is 18.2 Å². The lowest BCUT2D eigenvalue weighted by atomic mass is 9.93. The lowest BCUT2D eigenvalue weighted by Crippen LogP contribution is -2.09. The number of hydrogen-bond acceptors (Lipinski definition) is 3. The molecule has 4 rings (SSSR count). The maximum absolute atomic E-state index is 4.41. The average Bonchev–Trinajstić information content (AvgIpc) is 2.80. The molecule has 0 fully saturated rings. The van der Waals surface area contributed by atoms with Crippen LogP contribution in [0.1, 0.15) is 11.3 Å². The van der Waals surface area contributed by atoms with Gasteiger partial charge in [0.1, 0.15) is 0 Å². The quantitative estimate of drug-likeness (QED) is 0.631. The minimum atomic E-state index is 0.794. The van der Waals surface area contributed by atoms with Crippen molar-refractivity contribution in [2.75, 3.05) is 5.32 Å². The van der Waals surface area contributed by atoms with Crippen LogP contribution in [0.15, 0.2) is 30.5 Å². The molecule has 2 N–H and O–H groups in total. The summed E-state index contributed by atoms with van der Waals surface area (Å²) >= 11 is 0. The van der Waals surface area contributed by atoms with Crippen LogP contribution in [-0.2, 0) is 6.54 Å². The van der Waals surface area contributed by atoms with Crippen LogP contribution in [0, 0.1) is 6.92 Å². The first-order valence-electron chi connectivity index (χ1n) is 6.00. The summed E-state index contributed by atoms with van der Waals surface area (Å²) in [4.78, 5) is 4.41. The van der Waals surface area contributed by atoms with Crippen LogP contribution in [0.3, 0.4) is 0 Å². The van der Waals surface area contributed by atoms with E-state index in [9.17, 15) is 0 Å². The molecule has 0 spiro atoms. The lowest BCUT2D eigenvalue weighted by Gasteiger charge is -2.21. The third kappa shape index (κ3) is 1.14. The third-order valence-electron chi connectivity index (χ3n) is 3.51. The third-order valence-corrected chi connectivity index (χ3v) is 3.51. The van der Waals surface area contributed by atoms with Gasteiger partial charge in [0.2, 0.25) is 0 Å². The first kappa shape index (κ1) is 9.65. The van der Waals surface area contributed by atoms with Crippen molar-refractivity contribution in [3.05, 3.63) is 41.7 Å². The van der Waals surface area contributed by atoms with Gasteiger partial charge in [-0.25, -0.2) is 4.98 Å². The molecule has 3 aromatic rings. The highest BCUT2D eigenvalue weighted by atomic mass is 15.1. The fraction of sp³-hybridized carbons (Fsp3) is 0.143. The zero-order valence-electron chi connectivity index (χ0n) is 9.99. The van der Waals surface area contributed by atoms with E-state index >= 15 is 0 Å². The van der Waals surface area contributed by atoms with Crippen molar-refractivity contribution in [3.8, 4) is 11.1 Å². The van der Waals surface area contributed by atoms with E-state index in [1.807, 2.05) is 13.1 Å². The van der Waals surface area contributed by atoms with Crippen molar-refractivity contribution in [2.45, 2.75) is 13.5 Å². The number of benzene rings is 1. The number of aromatic nitrogens is 3. The predicted octanol–water partition coefficient (Wildman–Crippen LogP) is 2.86. The zero-order chi connectivity index (χ0) is 12.1. The molecule has 0 bridgehead atoms. The van der Waals surface area contributed by atoms with Crippen molar-refractivity contribution in [3.63, 3.8) is 0 Å². The molecule has 1 aromatic carbocycles. The summed E-state index contributed by atoms with van der Waals surface area (Å²) in [5, 5.41) is 11.8. The van der Waals surface area contributed by atoms with E-state index in [4.69, 9.17) is 0 Å². The zero-order valence-corrected chi connectivity index (χ0v) is 9.99. The normalized spacial score (nSPS) is 12.9. The minimum absolute atomic E-state index is 0.794. The van der Waals surface area contributed by atoms with Gasteiger partial charge in [0, 0.05) is 40.6 Å². The number of nitrogens with zero attached hydrogens (tertiary/aromatic N) is 2. The first-order valence-corrected chi connectivity index (χ1v) is 6.00. The molecular weight excluding hydrogens is 224 g/mol. The van der Waals surface area contributed by atoms with Crippen LogP contribution < -0.4 is 5.32 Å². The van der Waals surface area contributed by atoms with Crippen LogP contribution in [0.4, 0.5) is 5.69 Å². The number of pyridine rings is 1. The molecular formula is C14H12N4. The topological polar surface area (TPSA) is 53.6 Å². The van der Waals surface area contributed by atoms with E-state index in [1.54, 1.807) is 0 Å². The summed E-state index contributed by atoms with van der Waals surface area (Å²) in [7, 11) is 0. The molecule has 0 saturated heterocycles. The number of rotatable bonds is 0. The van der Waals surface area contributed by atoms with Crippen LogP contribution >= 0.6 is 0 Å². The Labute approximate surface area is 104 Å². The van der Waals surface area contributed by atoms with Crippen LogP contribution in [-0.4, -0.2) is 15.2 Å². The van der Waals surface area contributed by atoms with Crippen molar-refractivity contribution < 1.29 is 0 Å². The number of nitrogens with one attached hydrogen (secondary N) is 2. The molecule has 4 heteroatoms. The fourth-order valence-corrected chi connectivity index (χ4v) is 2.66. The molecule has 4 nitrogen and oxygen atoms in total. The molecule has 88 valence electrons. The number of aryl methyl sites for hydroxylation is 1. The molecule has 0 atom stereocenters. The number of para-hydroxylation sites is 1. The summed E-state index contributed by atoms with van der Waals surface area (Å²) in [6.07, 6.45) is 1.92. The molecule has 18 heavy (non-hydrogen) atoms. The van der Waals surface area contributed by atoms with Crippen molar-refractivity contribution >= 4 is 16.7 Å². The summed E-state index contributed by atoms with van der Waals surface area (Å²) in [6.45, 7) is 2.86. The Hall–Kier alpha value is -2.36. The minimum Gasteiger partial charge on any atom is -0.380 e. The van der Waals surface area contributed by atoms with Gasteiger partial charge < -0.3 is 5.32 Å². The van der Waals surface area contributed by atoms with E-state index in [0.29, 0.717) is 0 Å². The second kappa shape index (κ2) is 3.32. The number of hydrogen-bond donors (Lipinski definition) is 2. The molecule has 2 aromatic heterocycles. The highest BCUT2D eigenvalue weighted by Crippen LogP contribution is 2.39. The van der Waals surface area contributed by atoms with Crippen molar-refractivity contribution in [2.24, 2.45) is 0 Å². The summed E-state index contributed by atoms with van der Waals surface area (Å²) in [5.41, 5.74) is 6.77. The number of fused-ring (bicyclic) bond motifs is 5. The summed E-state index contributed by atoms with van der Waals surface area (Å²) < 4.78 is 0. The number of anilines is 1. The van der Waals surface area contributed by atoms with E-state index in [1.165, 1.54) is 22.4 Å². The average molecular weight is 236 g/mol. The lowest BCUT2D eigenvalue weighted by molar-refractivity contribution is 1.05. The van der Waals surface area contributed by atoms with Gasteiger partial charge in [-0.3, -0.25) is 5.10 Å². The molecule has 0 amide bonds. The van der Waals surface area contributed by atoms with Gasteiger partial charge in [0.05, 0.1) is 0 Å². The van der Waals surface area contributed by atoms with Gasteiger partial charge in [0.25, 0.3) is 0 Å². The van der Waals surface area contributed by atoms with Crippen LogP contribution in [0.2, 0.25) is 0 Å². The van der Waals surface area contributed by atoms with Gasteiger partial charge in [-0.2, -0.15) is 5.10 Å². The number of H-pyrrole nitrogens is 1. The van der Waals surface area contributed by atoms with Gasteiger partial charge >= 0.3 is 0 Å². The van der Waals surface area contributed by atoms with E-state index < -0.39 is 0 Å². The van der Waals surface area contributed by atoms with E-state index in [-0.39, 0.29) is 0 Å². The smallest absolute Gasteiger partial charge is 0.181 e. The maximum atomic E-state index is 4.41. The fourth-order valence-electron chi connectivity index (χ4n) is 2.66. The maximum Gasteiger partial charge on any atom is 0.181 e. The summed E-state index contributed by atoms with van der Waals surface area (Å²) in [5.74, 6) is 0. The SMILES string of the molecule is Cc1[nH]nc2ncc3c(c12)-c1ccccc1NC3. The Morgan fingerprint density at radius 3 is 3.06 bits per heavy atom. The molecule has 1 aliphatic rings. The van der Waals surface area contributed by atoms with E-state index in [2.05, 4.69) is 44.8 Å². The molecule has 1 aliphatic heterocycles. The Bertz CT molecular complexity index is 758. The Kier molecular flexibility index (Phi) is 1.78. The van der Waals surface area contributed by atoms with Gasteiger partial charge in [-0.15, -0.1) is 0 Å². The second-order valence-electron chi connectivity index (χ2n) is 4.60. The molecule has 0 unspecified atom stereocenters. The Morgan fingerprint density at radius 1 is 1.22 bits per heavy atom. The number of aromatic amines is 1. The van der Waals surface area contributed by atoms with Crippen LogP contribution in [0.25, 0.3) is 22.2 Å².